The van der Waals surface area contributed by atoms with Crippen molar-refractivity contribution in [1.82, 2.24) is 4.31 Å². The number of nitrogens with one attached hydrogen (secondary N) is 1. The first-order valence-corrected chi connectivity index (χ1v) is 11.7. The van der Waals surface area contributed by atoms with E-state index in [1.165, 1.54) is 34.6 Å². The smallest absolute Gasteiger partial charge is 0.340 e. The molecule has 1 aliphatic heterocycles. The molecule has 31 heavy (non-hydrogen) atoms. The van der Waals surface area contributed by atoms with E-state index in [9.17, 15) is 18.0 Å². The fourth-order valence-electron chi connectivity index (χ4n) is 3.28. The van der Waals surface area contributed by atoms with Crippen LogP contribution >= 0.6 is 11.6 Å². The van der Waals surface area contributed by atoms with Gasteiger partial charge in [-0.15, -0.1) is 0 Å². The minimum absolute atomic E-state index is 0.0610. The molecule has 0 aromatic heterocycles. The van der Waals surface area contributed by atoms with Crippen molar-refractivity contribution < 1.29 is 22.7 Å². The van der Waals surface area contributed by atoms with Gasteiger partial charge in [0.25, 0.3) is 5.91 Å². The van der Waals surface area contributed by atoms with E-state index in [0.29, 0.717) is 23.8 Å². The van der Waals surface area contributed by atoms with Crippen molar-refractivity contribution in [3.05, 3.63) is 53.1 Å². The second-order valence-electron chi connectivity index (χ2n) is 7.20. The standard InChI is InChI=1S/C21H24ClN3O5S/c22-15-8-9-19(23)18(12-15)21(27)30-14-20(26)24-16-6-5-7-17(13-16)31(28,29)25-10-3-1-2-4-11-25/h5-9,12-13H,1-4,10-11,14,23H2,(H,24,26). The summed E-state index contributed by atoms with van der Waals surface area (Å²) >= 11 is 5.85. The van der Waals surface area contributed by atoms with E-state index in [2.05, 4.69) is 5.32 Å². The highest BCUT2D eigenvalue weighted by Gasteiger charge is 2.25. The third kappa shape index (κ3) is 5.96. The number of carbonyl (C=O) groups excluding carboxylic acids is 2. The number of hydrogen-bond acceptors (Lipinski definition) is 6. The highest BCUT2D eigenvalue weighted by molar-refractivity contribution is 7.89. The van der Waals surface area contributed by atoms with Crippen molar-refractivity contribution in [2.75, 3.05) is 30.7 Å². The Hall–Kier alpha value is -2.62. The Bertz CT molecular complexity index is 1070. The van der Waals surface area contributed by atoms with Crippen LogP contribution in [0.5, 0.6) is 0 Å². The molecule has 0 unspecified atom stereocenters. The number of ether oxygens (including phenoxy) is 1. The number of sulfonamides is 1. The number of rotatable bonds is 6. The summed E-state index contributed by atoms with van der Waals surface area (Å²) in [5, 5.41) is 2.86. The highest BCUT2D eigenvalue weighted by Crippen LogP contribution is 2.23. The highest BCUT2D eigenvalue weighted by atomic mass is 35.5. The zero-order chi connectivity index (χ0) is 22.4. The number of carbonyl (C=O) groups is 2. The van der Waals surface area contributed by atoms with Crippen LogP contribution in [0.3, 0.4) is 0 Å². The molecule has 10 heteroatoms. The molecule has 0 saturated carbocycles. The van der Waals surface area contributed by atoms with E-state index < -0.39 is 28.5 Å². The number of nitrogens with two attached hydrogens (primary N) is 1. The molecule has 2 aromatic rings. The normalized spacial score (nSPS) is 15.1. The Balaban J connectivity index is 1.63. The number of amides is 1. The number of hydrogen-bond donors (Lipinski definition) is 2. The van der Waals surface area contributed by atoms with Gasteiger partial charge < -0.3 is 15.8 Å². The molecule has 0 bridgehead atoms. The Morgan fingerprint density at radius 2 is 1.77 bits per heavy atom. The second kappa shape index (κ2) is 10.1. The van der Waals surface area contributed by atoms with Crippen LogP contribution < -0.4 is 11.1 Å². The monoisotopic (exact) mass is 465 g/mol. The van der Waals surface area contributed by atoms with Crippen LogP contribution in [0.1, 0.15) is 36.0 Å². The number of benzene rings is 2. The van der Waals surface area contributed by atoms with Gasteiger partial charge in [0.2, 0.25) is 10.0 Å². The summed E-state index contributed by atoms with van der Waals surface area (Å²) in [6.45, 7) is 0.414. The number of halogens is 1. The molecular weight excluding hydrogens is 442 g/mol. The van der Waals surface area contributed by atoms with Gasteiger partial charge in [0, 0.05) is 29.5 Å². The van der Waals surface area contributed by atoms with Gasteiger partial charge >= 0.3 is 5.97 Å². The van der Waals surface area contributed by atoms with E-state index in [-0.39, 0.29) is 16.1 Å². The lowest BCUT2D eigenvalue weighted by atomic mass is 10.2. The van der Waals surface area contributed by atoms with E-state index in [4.69, 9.17) is 22.1 Å². The maximum atomic E-state index is 12.9. The van der Waals surface area contributed by atoms with Gasteiger partial charge in [-0.1, -0.05) is 30.5 Å². The average Bonchev–Trinajstić information content (AvgIpc) is 3.04. The van der Waals surface area contributed by atoms with E-state index in [0.717, 1.165) is 25.7 Å². The van der Waals surface area contributed by atoms with Crippen molar-refractivity contribution in [3.63, 3.8) is 0 Å². The zero-order valence-electron chi connectivity index (χ0n) is 16.8. The summed E-state index contributed by atoms with van der Waals surface area (Å²) < 4.78 is 32.3. The fraction of sp³-hybridized carbons (Fsp3) is 0.333. The fourth-order valence-corrected chi connectivity index (χ4v) is 5.01. The van der Waals surface area contributed by atoms with Crippen molar-refractivity contribution in [2.45, 2.75) is 30.6 Å². The lowest BCUT2D eigenvalue weighted by Crippen LogP contribution is -2.32. The second-order valence-corrected chi connectivity index (χ2v) is 9.58. The van der Waals surface area contributed by atoms with Crippen molar-refractivity contribution in [3.8, 4) is 0 Å². The third-order valence-corrected chi connectivity index (χ3v) is 7.02. The minimum atomic E-state index is -3.64. The Morgan fingerprint density at radius 1 is 1.06 bits per heavy atom. The number of nitrogen functional groups attached to an aromatic ring is 1. The van der Waals surface area contributed by atoms with Crippen LogP contribution in [0.15, 0.2) is 47.4 Å². The first-order chi connectivity index (χ1) is 14.8. The number of anilines is 2. The van der Waals surface area contributed by atoms with E-state index in [1.807, 2.05) is 0 Å². The molecule has 0 radical (unpaired) electrons. The summed E-state index contributed by atoms with van der Waals surface area (Å²) in [6, 6.07) is 10.4. The number of esters is 1. The molecule has 0 atom stereocenters. The van der Waals surface area contributed by atoms with E-state index >= 15 is 0 Å². The van der Waals surface area contributed by atoms with Gasteiger partial charge in [0.15, 0.2) is 6.61 Å². The molecule has 0 aliphatic carbocycles. The molecule has 1 heterocycles. The molecule has 1 aliphatic rings. The van der Waals surface area contributed by atoms with Crippen LogP contribution in [-0.2, 0) is 19.6 Å². The minimum Gasteiger partial charge on any atom is -0.452 e. The maximum Gasteiger partial charge on any atom is 0.340 e. The van der Waals surface area contributed by atoms with Gasteiger partial charge in [-0.3, -0.25) is 4.79 Å². The molecule has 1 fully saturated rings. The van der Waals surface area contributed by atoms with Crippen LogP contribution in [0.4, 0.5) is 11.4 Å². The van der Waals surface area contributed by atoms with Gasteiger partial charge in [-0.05, 0) is 49.2 Å². The number of nitrogens with zero attached hydrogens (tertiary/aromatic N) is 1. The first-order valence-electron chi connectivity index (χ1n) is 9.89. The molecular formula is C21H24ClN3O5S. The molecule has 2 aromatic carbocycles. The molecule has 0 spiro atoms. The first kappa shape index (κ1) is 23.1. The zero-order valence-corrected chi connectivity index (χ0v) is 18.4. The average molecular weight is 466 g/mol. The van der Waals surface area contributed by atoms with Crippen LogP contribution in [0.2, 0.25) is 5.02 Å². The summed E-state index contributed by atoms with van der Waals surface area (Å²) in [5.41, 5.74) is 6.26. The van der Waals surface area contributed by atoms with Gasteiger partial charge in [-0.2, -0.15) is 4.31 Å². The summed E-state index contributed by atoms with van der Waals surface area (Å²) in [4.78, 5) is 24.4. The van der Waals surface area contributed by atoms with Crippen molar-refractivity contribution in [2.24, 2.45) is 0 Å². The van der Waals surface area contributed by atoms with Crippen molar-refractivity contribution in [1.29, 1.82) is 0 Å². The quantitative estimate of drug-likeness (QED) is 0.499. The van der Waals surface area contributed by atoms with Gasteiger partial charge in [0.1, 0.15) is 0 Å². The predicted molar refractivity (Wildman–Crippen MR) is 118 cm³/mol. The molecule has 3 rings (SSSR count). The maximum absolute atomic E-state index is 12.9. The van der Waals surface area contributed by atoms with E-state index in [1.54, 1.807) is 12.1 Å². The Morgan fingerprint density at radius 3 is 2.48 bits per heavy atom. The summed E-state index contributed by atoms with van der Waals surface area (Å²) in [6.07, 6.45) is 3.69. The predicted octanol–water partition coefficient (Wildman–Crippen LogP) is 3.28. The lowest BCUT2D eigenvalue weighted by molar-refractivity contribution is -0.119. The molecule has 166 valence electrons. The largest absolute Gasteiger partial charge is 0.452 e. The molecule has 1 saturated heterocycles. The van der Waals surface area contributed by atoms with Crippen LogP contribution in [0, 0.1) is 0 Å². The van der Waals surface area contributed by atoms with Gasteiger partial charge in [-0.25, -0.2) is 13.2 Å². The summed E-state index contributed by atoms with van der Waals surface area (Å²) in [5.74, 6) is -1.40. The van der Waals surface area contributed by atoms with Gasteiger partial charge in [0.05, 0.1) is 10.5 Å². The van der Waals surface area contributed by atoms with Crippen LogP contribution in [0.25, 0.3) is 0 Å². The van der Waals surface area contributed by atoms with Crippen molar-refractivity contribution >= 4 is 44.9 Å². The third-order valence-electron chi connectivity index (χ3n) is 4.89. The Kier molecular flexibility index (Phi) is 7.53. The SMILES string of the molecule is Nc1ccc(Cl)cc1C(=O)OCC(=O)Nc1cccc(S(=O)(=O)N2CCCCCC2)c1. The molecule has 3 N–H and O–H groups in total. The summed E-state index contributed by atoms with van der Waals surface area (Å²) in [7, 11) is -3.64. The Labute approximate surface area is 186 Å². The topological polar surface area (TPSA) is 119 Å². The molecule has 8 nitrogen and oxygen atoms in total. The van der Waals surface area contributed by atoms with Crippen LogP contribution in [-0.4, -0.2) is 44.3 Å². The lowest BCUT2D eigenvalue weighted by Gasteiger charge is -2.20. The molecule has 1 amide bonds.